The van der Waals surface area contributed by atoms with Crippen molar-refractivity contribution in [2.24, 2.45) is 5.41 Å². The molecule has 2 amide bonds. The van der Waals surface area contributed by atoms with E-state index in [9.17, 15) is 59.1 Å². The Bertz CT molecular complexity index is 1550. The molecule has 1 unspecified atom stereocenters. The van der Waals surface area contributed by atoms with E-state index >= 15 is 0 Å². The van der Waals surface area contributed by atoms with Gasteiger partial charge in [-0.1, -0.05) is 12.1 Å². The number of rotatable bonds is 5. The molecule has 16 heteroatoms. The Labute approximate surface area is 221 Å². The first-order valence-electron chi connectivity index (χ1n) is 11.3. The maximum atomic E-state index is 14.6. The minimum absolute atomic E-state index is 0.0186. The molecule has 2 N–H and O–H groups in total. The number of fused-ring (bicyclic) bond motifs is 1. The standard InChI is InChI=1S/C24H18F7N3O5S/c1-40(38,39)14-3-4-15-12(8-14)10-34(20(36)21(11-32)6-7-21)18(15)19(35)33-13-2-5-16(17(25)9-13)22(37,23(26,27)28)24(29,30)31/h2-5,8-9,18,37H,6-7,10H2,1H3,(H,33,35). The second-order valence-electron chi connectivity index (χ2n) is 9.55. The molecule has 4 rings (SSSR count). The zero-order valence-corrected chi connectivity index (χ0v) is 21.0. The van der Waals surface area contributed by atoms with Crippen LogP contribution < -0.4 is 5.32 Å². The van der Waals surface area contributed by atoms with Crippen LogP contribution in [-0.4, -0.2) is 48.8 Å². The zero-order valence-electron chi connectivity index (χ0n) is 20.2. The average Bonchev–Trinajstić information content (AvgIpc) is 3.54. The van der Waals surface area contributed by atoms with Gasteiger partial charge in [0.05, 0.1) is 11.0 Å². The largest absolute Gasteiger partial charge is 0.430 e. The molecule has 1 aliphatic heterocycles. The summed E-state index contributed by atoms with van der Waals surface area (Å²) in [6.07, 6.45) is -11.3. The fraction of sp³-hybridized carbons (Fsp3) is 0.375. The van der Waals surface area contributed by atoms with Crippen molar-refractivity contribution in [1.82, 2.24) is 4.90 Å². The molecular weight excluding hydrogens is 575 g/mol. The fourth-order valence-electron chi connectivity index (χ4n) is 4.47. The lowest BCUT2D eigenvalue weighted by atomic mass is 9.91. The Kier molecular flexibility index (Phi) is 6.71. The molecule has 0 radical (unpaired) electrons. The topological polar surface area (TPSA) is 128 Å². The lowest BCUT2D eigenvalue weighted by Crippen LogP contribution is -2.54. The normalized spacial score (nSPS) is 18.6. The van der Waals surface area contributed by atoms with Crippen LogP contribution in [0.5, 0.6) is 0 Å². The number of anilines is 1. The maximum Gasteiger partial charge on any atom is 0.430 e. The summed E-state index contributed by atoms with van der Waals surface area (Å²) in [5, 5.41) is 21.1. The number of aliphatic hydroxyl groups is 1. The summed E-state index contributed by atoms with van der Waals surface area (Å²) in [5.74, 6) is -3.94. The van der Waals surface area contributed by atoms with Gasteiger partial charge in [0.15, 0.2) is 9.84 Å². The number of nitriles is 1. The van der Waals surface area contributed by atoms with Gasteiger partial charge in [-0.25, -0.2) is 12.8 Å². The van der Waals surface area contributed by atoms with E-state index in [1.807, 2.05) is 6.07 Å². The summed E-state index contributed by atoms with van der Waals surface area (Å²) in [6, 6.07) is 4.70. The van der Waals surface area contributed by atoms with E-state index in [0.29, 0.717) is 6.07 Å². The summed E-state index contributed by atoms with van der Waals surface area (Å²) in [6.45, 7) is -0.281. The molecule has 0 bridgehead atoms. The molecule has 1 fully saturated rings. The highest BCUT2D eigenvalue weighted by Gasteiger charge is 2.72. The van der Waals surface area contributed by atoms with Gasteiger partial charge in [0.1, 0.15) is 17.3 Å². The number of nitrogens with one attached hydrogen (secondary N) is 1. The van der Waals surface area contributed by atoms with Gasteiger partial charge < -0.3 is 15.3 Å². The molecule has 40 heavy (non-hydrogen) atoms. The van der Waals surface area contributed by atoms with E-state index < -0.39 is 68.1 Å². The van der Waals surface area contributed by atoms with E-state index in [1.54, 1.807) is 0 Å². The molecule has 2 aliphatic rings. The number of sulfone groups is 1. The predicted octanol–water partition coefficient (Wildman–Crippen LogP) is 3.87. The number of amides is 2. The lowest BCUT2D eigenvalue weighted by molar-refractivity contribution is -0.377. The first-order chi connectivity index (χ1) is 18.3. The maximum absolute atomic E-state index is 14.6. The van der Waals surface area contributed by atoms with Crippen LogP contribution in [0.4, 0.5) is 36.4 Å². The molecule has 1 heterocycles. The molecule has 1 aliphatic carbocycles. The van der Waals surface area contributed by atoms with E-state index in [0.717, 1.165) is 11.2 Å². The van der Waals surface area contributed by atoms with Crippen molar-refractivity contribution in [2.45, 2.75) is 48.3 Å². The van der Waals surface area contributed by atoms with Crippen molar-refractivity contribution in [2.75, 3.05) is 11.6 Å². The molecule has 1 atom stereocenters. The number of nitrogens with zero attached hydrogens (tertiary/aromatic N) is 2. The fourth-order valence-corrected chi connectivity index (χ4v) is 5.14. The first kappa shape index (κ1) is 29.3. The van der Waals surface area contributed by atoms with Crippen LogP contribution in [-0.2, 0) is 31.6 Å². The smallest absolute Gasteiger partial charge is 0.369 e. The summed E-state index contributed by atoms with van der Waals surface area (Å²) < 4.78 is 118. The molecule has 0 spiro atoms. The Morgan fingerprint density at radius 1 is 1.07 bits per heavy atom. The minimum atomic E-state index is -6.34. The van der Waals surface area contributed by atoms with E-state index in [-0.39, 0.29) is 47.5 Å². The zero-order chi connectivity index (χ0) is 30.1. The third kappa shape index (κ3) is 4.66. The molecule has 2 aromatic rings. The van der Waals surface area contributed by atoms with Crippen molar-refractivity contribution in [3.63, 3.8) is 0 Å². The summed E-state index contributed by atoms with van der Waals surface area (Å²) in [4.78, 5) is 27.3. The molecule has 214 valence electrons. The van der Waals surface area contributed by atoms with Crippen LogP contribution in [0.25, 0.3) is 0 Å². The number of benzene rings is 2. The number of hydrogen-bond acceptors (Lipinski definition) is 6. The van der Waals surface area contributed by atoms with Crippen molar-refractivity contribution in [3.8, 4) is 6.07 Å². The Morgan fingerprint density at radius 2 is 1.68 bits per heavy atom. The molecule has 1 saturated carbocycles. The molecule has 8 nitrogen and oxygen atoms in total. The second-order valence-corrected chi connectivity index (χ2v) is 11.6. The third-order valence-corrected chi connectivity index (χ3v) is 7.93. The summed E-state index contributed by atoms with van der Waals surface area (Å²) in [5.41, 5.74) is -9.31. The molecular formula is C24H18F7N3O5S. The van der Waals surface area contributed by atoms with Gasteiger partial charge >= 0.3 is 12.4 Å². The SMILES string of the molecule is CS(=O)(=O)c1ccc2c(c1)CN(C(=O)C1(C#N)CC1)C2C(=O)Nc1ccc(C(O)(C(F)(F)F)C(F)(F)F)c(F)c1. The van der Waals surface area contributed by atoms with Gasteiger partial charge in [0, 0.05) is 24.1 Å². The number of alkyl halides is 6. The van der Waals surface area contributed by atoms with E-state index in [4.69, 9.17) is 0 Å². The Morgan fingerprint density at radius 3 is 2.15 bits per heavy atom. The average molecular weight is 593 g/mol. The molecule has 2 aromatic carbocycles. The van der Waals surface area contributed by atoms with Crippen LogP contribution in [0, 0.1) is 22.6 Å². The van der Waals surface area contributed by atoms with Gasteiger partial charge in [-0.2, -0.15) is 31.6 Å². The molecule has 0 saturated heterocycles. The Balaban J connectivity index is 1.71. The van der Waals surface area contributed by atoms with Crippen molar-refractivity contribution in [3.05, 3.63) is 58.9 Å². The van der Waals surface area contributed by atoms with E-state index in [2.05, 4.69) is 5.32 Å². The highest BCUT2D eigenvalue weighted by atomic mass is 32.2. The monoisotopic (exact) mass is 593 g/mol. The van der Waals surface area contributed by atoms with Crippen LogP contribution in [0.15, 0.2) is 41.3 Å². The van der Waals surface area contributed by atoms with Gasteiger partial charge in [-0.3, -0.25) is 9.59 Å². The predicted molar refractivity (Wildman–Crippen MR) is 121 cm³/mol. The van der Waals surface area contributed by atoms with Gasteiger partial charge in [0.25, 0.3) is 11.5 Å². The highest BCUT2D eigenvalue weighted by molar-refractivity contribution is 7.90. The quantitative estimate of drug-likeness (QED) is 0.507. The number of hydrogen-bond donors (Lipinski definition) is 2. The first-order valence-corrected chi connectivity index (χ1v) is 13.2. The highest BCUT2D eigenvalue weighted by Crippen LogP contribution is 2.51. The third-order valence-electron chi connectivity index (χ3n) is 6.82. The summed E-state index contributed by atoms with van der Waals surface area (Å²) in [7, 11) is -3.69. The van der Waals surface area contributed by atoms with Gasteiger partial charge in [-0.15, -0.1) is 0 Å². The minimum Gasteiger partial charge on any atom is -0.369 e. The second kappa shape index (κ2) is 9.16. The number of carbonyl (C=O) groups excluding carboxylic acids is 2. The van der Waals surface area contributed by atoms with Gasteiger partial charge in [-0.05, 0) is 48.2 Å². The lowest BCUT2D eigenvalue weighted by Gasteiger charge is -2.33. The molecule has 0 aromatic heterocycles. The van der Waals surface area contributed by atoms with Crippen LogP contribution >= 0.6 is 0 Å². The van der Waals surface area contributed by atoms with Crippen molar-refractivity contribution >= 4 is 27.3 Å². The van der Waals surface area contributed by atoms with Crippen LogP contribution in [0.1, 0.15) is 35.6 Å². The van der Waals surface area contributed by atoms with Crippen molar-refractivity contribution < 1.29 is 53.8 Å². The van der Waals surface area contributed by atoms with E-state index in [1.165, 1.54) is 18.2 Å². The van der Waals surface area contributed by atoms with Gasteiger partial charge in [0.2, 0.25) is 5.91 Å². The number of halogens is 7. The van der Waals surface area contributed by atoms with Crippen molar-refractivity contribution in [1.29, 1.82) is 5.26 Å². The Hall–Kier alpha value is -3.71. The van der Waals surface area contributed by atoms with Crippen LogP contribution in [0.2, 0.25) is 0 Å². The van der Waals surface area contributed by atoms with Crippen LogP contribution in [0.3, 0.4) is 0 Å². The summed E-state index contributed by atoms with van der Waals surface area (Å²) >= 11 is 0. The number of carbonyl (C=O) groups is 2.